The lowest BCUT2D eigenvalue weighted by atomic mass is 10.1. The number of rotatable bonds is 4. The fourth-order valence-corrected chi connectivity index (χ4v) is 2.88. The maximum Gasteiger partial charge on any atom is 0.319 e. The van der Waals surface area contributed by atoms with Gasteiger partial charge in [0, 0.05) is 21.3 Å². The van der Waals surface area contributed by atoms with E-state index in [4.69, 9.17) is 28.9 Å². The number of nitrogens with one attached hydrogen (secondary N) is 2. The van der Waals surface area contributed by atoms with Crippen LogP contribution in [0.15, 0.2) is 36.4 Å². The van der Waals surface area contributed by atoms with Crippen molar-refractivity contribution in [1.82, 2.24) is 5.32 Å². The summed E-state index contributed by atoms with van der Waals surface area (Å²) in [6.07, 6.45) is 0. The van der Waals surface area contributed by atoms with Gasteiger partial charge in [0.05, 0.1) is 6.04 Å². The second-order valence-electron chi connectivity index (χ2n) is 5.38. The fourth-order valence-electron chi connectivity index (χ4n) is 2.31. The molecule has 0 aromatic heterocycles. The van der Waals surface area contributed by atoms with Crippen LogP contribution in [0.5, 0.6) is 0 Å². The number of carbonyl (C=O) groups excluding carboxylic acids is 2. The molecule has 5 nitrogen and oxygen atoms in total. The first-order chi connectivity index (χ1) is 11.3. The van der Waals surface area contributed by atoms with E-state index in [0.29, 0.717) is 26.9 Å². The van der Waals surface area contributed by atoms with E-state index in [1.165, 1.54) is 0 Å². The number of carbonyl (C=O) groups is 2. The van der Waals surface area contributed by atoms with Gasteiger partial charge in [-0.3, -0.25) is 4.79 Å². The second kappa shape index (κ2) is 7.55. The van der Waals surface area contributed by atoms with E-state index in [1.54, 1.807) is 43.3 Å². The quantitative estimate of drug-likeness (QED) is 0.754. The molecule has 2 aromatic rings. The SMILES string of the molecule is Cc1cc(NC(=O)NC(C)c2ccc(Cl)cc2Cl)ccc1C(N)=O. The fraction of sp³-hybridized carbons (Fsp3) is 0.176. The van der Waals surface area contributed by atoms with Crippen LogP contribution in [0.1, 0.15) is 34.5 Å². The number of urea groups is 1. The summed E-state index contributed by atoms with van der Waals surface area (Å²) in [7, 11) is 0. The molecule has 0 fully saturated rings. The minimum atomic E-state index is -0.505. The van der Waals surface area contributed by atoms with Crippen molar-refractivity contribution in [2.75, 3.05) is 5.32 Å². The Kier molecular flexibility index (Phi) is 5.70. The number of nitrogens with two attached hydrogens (primary N) is 1. The number of benzene rings is 2. The van der Waals surface area contributed by atoms with E-state index in [9.17, 15) is 9.59 Å². The number of aryl methyl sites for hydroxylation is 1. The molecule has 0 aliphatic carbocycles. The van der Waals surface area contributed by atoms with Gasteiger partial charge in [0.15, 0.2) is 0 Å². The molecule has 0 saturated carbocycles. The minimum absolute atomic E-state index is 0.305. The Morgan fingerprint density at radius 3 is 2.42 bits per heavy atom. The van der Waals surface area contributed by atoms with E-state index < -0.39 is 5.91 Å². The van der Waals surface area contributed by atoms with Crippen LogP contribution in [0.3, 0.4) is 0 Å². The second-order valence-corrected chi connectivity index (χ2v) is 6.22. The van der Waals surface area contributed by atoms with Gasteiger partial charge in [0.1, 0.15) is 0 Å². The van der Waals surface area contributed by atoms with Crippen LogP contribution in [0, 0.1) is 6.92 Å². The summed E-state index contributed by atoms with van der Waals surface area (Å²) in [5, 5.41) is 6.52. The average molecular weight is 366 g/mol. The van der Waals surface area contributed by atoms with Crippen molar-refractivity contribution >= 4 is 40.8 Å². The third kappa shape index (κ3) is 4.40. The molecule has 126 valence electrons. The largest absolute Gasteiger partial charge is 0.366 e. The van der Waals surface area contributed by atoms with Crippen molar-refractivity contribution in [2.45, 2.75) is 19.9 Å². The van der Waals surface area contributed by atoms with Crippen molar-refractivity contribution in [2.24, 2.45) is 5.73 Å². The molecule has 0 heterocycles. The lowest BCUT2D eigenvalue weighted by Crippen LogP contribution is -2.31. The van der Waals surface area contributed by atoms with Crippen LogP contribution in [0.4, 0.5) is 10.5 Å². The molecule has 1 atom stereocenters. The highest BCUT2D eigenvalue weighted by Crippen LogP contribution is 2.26. The summed E-state index contributed by atoms with van der Waals surface area (Å²) >= 11 is 12.0. The highest BCUT2D eigenvalue weighted by Gasteiger charge is 2.13. The van der Waals surface area contributed by atoms with Crippen LogP contribution in [0.2, 0.25) is 10.0 Å². The maximum atomic E-state index is 12.1. The van der Waals surface area contributed by atoms with Gasteiger partial charge < -0.3 is 16.4 Å². The van der Waals surface area contributed by atoms with E-state index in [-0.39, 0.29) is 12.1 Å². The van der Waals surface area contributed by atoms with Crippen LogP contribution < -0.4 is 16.4 Å². The molecule has 0 bridgehead atoms. The van der Waals surface area contributed by atoms with Gasteiger partial charge in [-0.05, 0) is 55.3 Å². The zero-order valence-electron chi connectivity index (χ0n) is 13.2. The molecule has 3 amide bonds. The number of hydrogen-bond acceptors (Lipinski definition) is 2. The lowest BCUT2D eigenvalue weighted by molar-refractivity contribution is 0.0999. The van der Waals surface area contributed by atoms with Crippen LogP contribution >= 0.6 is 23.2 Å². The van der Waals surface area contributed by atoms with Gasteiger partial charge in [-0.25, -0.2) is 4.79 Å². The molecule has 2 rings (SSSR count). The molecular weight excluding hydrogens is 349 g/mol. The molecule has 1 unspecified atom stereocenters. The first-order valence-electron chi connectivity index (χ1n) is 7.21. The van der Waals surface area contributed by atoms with Gasteiger partial charge in [0.2, 0.25) is 5.91 Å². The number of halogens is 2. The molecule has 24 heavy (non-hydrogen) atoms. The third-order valence-corrected chi connectivity index (χ3v) is 4.09. The lowest BCUT2D eigenvalue weighted by Gasteiger charge is -2.17. The normalized spacial score (nSPS) is 11.7. The molecular formula is C17H17Cl2N3O2. The van der Waals surface area contributed by atoms with E-state index >= 15 is 0 Å². The summed E-state index contributed by atoms with van der Waals surface area (Å²) < 4.78 is 0. The number of anilines is 1. The molecule has 0 aliphatic rings. The predicted octanol–water partition coefficient (Wildman–Crippen LogP) is 4.28. The Morgan fingerprint density at radius 2 is 1.83 bits per heavy atom. The maximum absolute atomic E-state index is 12.1. The highest BCUT2D eigenvalue weighted by molar-refractivity contribution is 6.35. The van der Waals surface area contributed by atoms with E-state index in [1.807, 2.05) is 6.92 Å². The Hall–Kier alpha value is -2.24. The van der Waals surface area contributed by atoms with Gasteiger partial charge in [-0.1, -0.05) is 29.3 Å². The van der Waals surface area contributed by atoms with Crippen molar-refractivity contribution in [3.63, 3.8) is 0 Å². The summed E-state index contributed by atoms with van der Waals surface area (Å²) in [5.74, 6) is -0.505. The van der Waals surface area contributed by atoms with Crippen molar-refractivity contribution in [3.05, 3.63) is 63.1 Å². The number of amides is 3. The van der Waals surface area contributed by atoms with E-state index in [0.717, 1.165) is 5.56 Å². The summed E-state index contributed by atoms with van der Waals surface area (Å²) in [5.41, 5.74) is 7.69. The zero-order valence-corrected chi connectivity index (χ0v) is 14.7. The summed E-state index contributed by atoms with van der Waals surface area (Å²) in [6, 6.07) is 9.28. The monoisotopic (exact) mass is 365 g/mol. The molecule has 7 heteroatoms. The predicted molar refractivity (Wildman–Crippen MR) is 96.7 cm³/mol. The first kappa shape index (κ1) is 18.1. The Labute approximate surface area is 150 Å². The number of primary amides is 1. The zero-order chi connectivity index (χ0) is 17.9. The Bertz CT molecular complexity index is 793. The van der Waals surface area contributed by atoms with Gasteiger partial charge in [-0.15, -0.1) is 0 Å². The minimum Gasteiger partial charge on any atom is -0.366 e. The Balaban J connectivity index is 2.05. The van der Waals surface area contributed by atoms with Crippen LogP contribution in [0.25, 0.3) is 0 Å². The number of hydrogen-bond donors (Lipinski definition) is 3. The molecule has 2 aromatic carbocycles. The Morgan fingerprint density at radius 1 is 1.12 bits per heavy atom. The molecule has 0 aliphatic heterocycles. The van der Waals surface area contributed by atoms with Crippen molar-refractivity contribution < 1.29 is 9.59 Å². The van der Waals surface area contributed by atoms with Gasteiger partial charge >= 0.3 is 6.03 Å². The van der Waals surface area contributed by atoms with E-state index in [2.05, 4.69) is 10.6 Å². The van der Waals surface area contributed by atoms with Crippen LogP contribution in [-0.2, 0) is 0 Å². The summed E-state index contributed by atoms with van der Waals surface area (Å²) in [6.45, 7) is 3.56. The molecule has 0 saturated heterocycles. The smallest absolute Gasteiger partial charge is 0.319 e. The topological polar surface area (TPSA) is 84.2 Å². The molecule has 0 spiro atoms. The van der Waals surface area contributed by atoms with Crippen molar-refractivity contribution in [1.29, 1.82) is 0 Å². The highest BCUT2D eigenvalue weighted by atomic mass is 35.5. The summed E-state index contributed by atoms with van der Waals surface area (Å²) in [4.78, 5) is 23.3. The van der Waals surface area contributed by atoms with Gasteiger partial charge in [0.25, 0.3) is 0 Å². The van der Waals surface area contributed by atoms with Crippen LogP contribution in [-0.4, -0.2) is 11.9 Å². The molecule has 4 N–H and O–H groups in total. The standard InChI is InChI=1S/C17H17Cl2N3O2/c1-9-7-12(4-6-13(9)16(20)23)22-17(24)21-10(2)14-5-3-11(18)8-15(14)19/h3-8,10H,1-2H3,(H2,20,23)(H2,21,22,24). The first-order valence-corrected chi connectivity index (χ1v) is 7.96. The molecule has 0 radical (unpaired) electrons. The third-order valence-electron chi connectivity index (χ3n) is 3.53. The average Bonchev–Trinajstić information content (AvgIpc) is 2.46. The van der Waals surface area contributed by atoms with Gasteiger partial charge in [-0.2, -0.15) is 0 Å². The van der Waals surface area contributed by atoms with Crippen molar-refractivity contribution in [3.8, 4) is 0 Å².